The van der Waals surface area contributed by atoms with Gasteiger partial charge in [0.15, 0.2) is 5.82 Å². The Kier molecular flexibility index (Phi) is 2.71. The summed E-state index contributed by atoms with van der Waals surface area (Å²) in [5.41, 5.74) is 6.70. The highest BCUT2D eigenvalue weighted by Gasteiger charge is 2.40. The Labute approximate surface area is 105 Å². The SMILES string of the molecule is N[C@@H]1[C@@H]2CC[C@H]1CN(c1cc(Cl)ncc1F)C2. The molecule has 5 heteroatoms. The lowest BCUT2D eigenvalue weighted by Crippen LogP contribution is -2.49. The van der Waals surface area contributed by atoms with E-state index in [1.54, 1.807) is 6.07 Å². The summed E-state index contributed by atoms with van der Waals surface area (Å²) in [4.78, 5) is 5.81. The van der Waals surface area contributed by atoms with Gasteiger partial charge in [-0.05, 0) is 24.7 Å². The number of hydrogen-bond donors (Lipinski definition) is 1. The van der Waals surface area contributed by atoms with Crippen LogP contribution < -0.4 is 10.6 Å². The van der Waals surface area contributed by atoms with E-state index in [9.17, 15) is 4.39 Å². The molecule has 1 saturated heterocycles. The molecule has 0 radical (unpaired) electrons. The van der Waals surface area contributed by atoms with Crippen molar-refractivity contribution >= 4 is 17.3 Å². The molecule has 1 aromatic rings. The molecule has 0 aromatic carbocycles. The average molecular weight is 256 g/mol. The first kappa shape index (κ1) is 11.2. The van der Waals surface area contributed by atoms with E-state index in [0.717, 1.165) is 25.9 Å². The number of nitrogens with zero attached hydrogens (tertiary/aromatic N) is 2. The van der Waals surface area contributed by atoms with Crippen LogP contribution in [0.5, 0.6) is 0 Å². The molecule has 3 rings (SSSR count). The standard InChI is InChI=1S/C12H15ClFN3/c13-11-3-10(9(14)4-16-11)17-5-7-1-2-8(6-17)12(7)15/h3-4,7-8,12H,1-2,5-6,15H2/t7-,8+,12-. The Morgan fingerprint density at radius 1 is 1.35 bits per heavy atom. The largest absolute Gasteiger partial charge is 0.368 e. The Morgan fingerprint density at radius 2 is 2.00 bits per heavy atom. The van der Waals surface area contributed by atoms with Crippen molar-refractivity contribution in [1.82, 2.24) is 4.98 Å². The number of pyridine rings is 1. The van der Waals surface area contributed by atoms with Crippen LogP contribution in [-0.2, 0) is 0 Å². The number of aromatic nitrogens is 1. The maximum atomic E-state index is 13.7. The van der Waals surface area contributed by atoms with E-state index in [4.69, 9.17) is 17.3 Å². The van der Waals surface area contributed by atoms with Gasteiger partial charge in [-0.15, -0.1) is 0 Å². The molecule has 2 aliphatic rings. The Morgan fingerprint density at radius 3 is 2.65 bits per heavy atom. The van der Waals surface area contributed by atoms with Gasteiger partial charge in [-0.25, -0.2) is 9.37 Å². The number of nitrogens with two attached hydrogens (primary N) is 1. The zero-order valence-corrected chi connectivity index (χ0v) is 10.2. The van der Waals surface area contributed by atoms with Crippen molar-refractivity contribution in [3.8, 4) is 0 Å². The van der Waals surface area contributed by atoms with E-state index in [0.29, 0.717) is 22.7 Å². The summed E-state index contributed by atoms with van der Waals surface area (Å²) in [6.45, 7) is 1.66. The fourth-order valence-corrected chi connectivity index (χ4v) is 3.26. The molecule has 0 amide bonds. The number of hydrogen-bond acceptors (Lipinski definition) is 3. The normalized spacial score (nSPS) is 31.9. The Hall–Kier alpha value is -0.870. The zero-order valence-electron chi connectivity index (χ0n) is 9.44. The second-order valence-electron chi connectivity index (χ2n) is 5.04. The summed E-state index contributed by atoms with van der Waals surface area (Å²) in [5, 5.41) is 0.337. The highest BCUT2D eigenvalue weighted by atomic mass is 35.5. The van der Waals surface area contributed by atoms with Crippen molar-refractivity contribution in [3.05, 3.63) is 23.2 Å². The molecule has 17 heavy (non-hydrogen) atoms. The van der Waals surface area contributed by atoms with E-state index < -0.39 is 0 Å². The molecular weight excluding hydrogens is 241 g/mol. The van der Waals surface area contributed by atoms with Gasteiger partial charge in [-0.2, -0.15) is 0 Å². The van der Waals surface area contributed by atoms with Gasteiger partial charge in [0.2, 0.25) is 0 Å². The monoisotopic (exact) mass is 255 g/mol. The Bertz CT molecular complexity index is 426. The number of rotatable bonds is 1. The molecule has 0 unspecified atom stereocenters. The molecule has 92 valence electrons. The third-order valence-electron chi connectivity index (χ3n) is 4.05. The van der Waals surface area contributed by atoms with E-state index >= 15 is 0 Å². The zero-order chi connectivity index (χ0) is 12.0. The predicted octanol–water partition coefficient (Wildman–Crippen LogP) is 2.05. The summed E-state index contributed by atoms with van der Waals surface area (Å²) in [6, 6.07) is 1.89. The lowest BCUT2D eigenvalue weighted by Gasteiger charge is -2.37. The topological polar surface area (TPSA) is 42.1 Å². The smallest absolute Gasteiger partial charge is 0.164 e. The number of fused-ring (bicyclic) bond motifs is 2. The van der Waals surface area contributed by atoms with Crippen LogP contribution in [-0.4, -0.2) is 24.1 Å². The van der Waals surface area contributed by atoms with E-state index in [2.05, 4.69) is 9.88 Å². The summed E-state index contributed by atoms with van der Waals surface area (Å²) in [6.07, 6.45) is 3.50. The minimum Gasteiger partial charge on any atom is -0.368 e. The van der Waals surface area contributed by atoms with Crippen LogP contribution in [0.4, 0.5) is 10.1 Å². The van der Waals surface area contributed by atoms with Crippen LogP contribution in [0, 0.1) is 17.7 Å². The first-order chi connectivity index (χ1) is 8.15. The molecule has 2 fully saturated rings. The van der Waals surface area contributed by atoms with Crippen LogP contribution in [0.3, 0.4) is 0 Å². The van der Waals surface area contributed by atoms with Crippen molar-refractivity contribution in [2.45, 2.75) is 18.9 Å². The van der Waals surface area contributed by atoms with Crippen molar-refractivity contribution < 1.29 is 4.39 Å². The fourth-order valence-electron chi connectivity index (χ4n) is 3.11. The molecule has 3 nitrogen and oxygen atoms in total. The number of piperidine rings is 1. The lowest BCUT2D eigenvalue weighted by molar-refractivity contribution is 0.354. The van der Waals surface area contributed by atoms with E-state index in [1.807, 2.05) is 0 Å². The minimum absolute atomic E-state index is 0.284. The predicted molar refractivity (Wildman–Crippen MR) is 65.6 cm³/mol. The summed E-state index contributed by atoms with van der Waals surface area (Å²) < 4.78 is 13.7. The van der Waals surface area contributed by atoms with E-state index in [1.165, 1.54) is 6.20 Å². The average Bonchev–Trinajstić information content (AvgIpc) is 2.55. The molecule has 0 spiro atoms. The van der Waals surface area contributed by atoms with Gasteiger partial charge in [-0.1, -0.05) is 11.6 Å². The summed E-state index contributed by atoms with van der Waals surface area (Å²) in [7, 11) is 0. The van der Waals surface area contributed by atoms with Crippen molar-refractivity contribution in [3.63, 3.8) is 0 Å². The maximum absolute atomic E-state index is 13.7. The highest BCUT2D eigenvalue weighted by molar-refractivity contribution is 6.29. The van der Waals surface area contributed by atoms with Crippen LogP contribution >= 0.6 is 11.6 Å². The van der Waals surface area contributed by atoms with Gasteiger partial charge < -0.3 is 10.6 Å². The van der Waals surface area contributed by atoms with Crippen LogP contribution in [0.1, 0.15) is 12.8 Å². The third-order valence-corrected chi connectivity index (χ3v) is 4.26. The minimum atomic E-state index is -0.302. The first-order valence-electron chi connectivity index (χ1n) is 5.96. The van der Waals surface area contributed by atoms with Crippen LogP contribution in [0.2, 0.25) is 5.15 Å². The lowest BCUT2D eigenvalue weighted by atomic mass is 9.93. The molecule has 2 N–H and O–H groups in total. The molecule has 1 saturated carbocycles. The second kappa shape index (κ2) is 4.10. The van der Waals surface area contributed by atoms with Crippen molar-refractivity contribution in [2.75, 3.05) is 18.0 Å². The number of anilines is 1. The molecule has 2 heterocycles. The molecular formula is C12H15ClFN3. The van der Waals surface area contributed by atoms with Gasteiger partial charge >= 0.3 is 0 Å². The van der Waals surface area contributed by atoms with Crippen molar-refractivity contribution in [1.29, 1.82) is 0 Å². The van der Waals surface area contributed by atoms with Gasteiger partial charge in [0, 0.05) is 25.2 Å². The first-order valence-corrected chi connectivity index (χ1v) is 6.34. The van der Waals surface area contributed by atoms with Crippen molar-refractivity contribution in [2.24, 2.45) is 17.6 Å². The second-order valence-corrected chi connectivity index (χ2v) is 5.43. The van der Waals surface area contributed by atoms with Gasteiger partial charge in [0.05, 0.1) is 11.9 Å². The molecule has 3 atom stereocenters. The molecule has 1 aliphatic carbocycles. The molecule has 1 aromatic heterocycles. The molecule has 1 aliphatic heterocycles. The quantitative estimate of drug-likeness (QED) is 0.781. The Balaban J connectivity index is 1.88. The van der Waals surface area contributed by atoms with Gasteiger partial charge in [0.25, 0.3) is 0 Å². The van der Waals surface area contributed by atoms with Crippen LogP contribution in [0.15, 0.2) is 12.3 Å². The maximum Gasteiger partial charge on any atom is 0.164 e. The van der Waals surface area contributed by atoms with Gasteiger partial charge in [-0.3, -0.25) is 0 Å². The molecule has 2 bridgehead atoms. The van der Waals surface area contributed by atoms with Gasteiger partial charge in [0.1, 0.15) is 5.15 Å². The summed E-state index contributed by atoms with van der Waals surface area (Å²) in [5.74, 6) is 0.671. The number of halogens is 2. The third kappa shape index (κ3) is 1.89. The fraction of sp³-hybridized carbons (Fsp3) is 0.583. The van der Waals surface area contributed by atoms with Crippen LogP contribution in [0.25, 0.3) is 0 Å². The van der Waals surface area contributed by atoms with E-state index in [-0.39, 0.29) is 11.9 Å². The highest BCUT2D eigenvalue weighted by Crippen LogP contribution is 2.38. The summed E-state index contributed by atoms with van der Waals surface area (Å²) >= 11 is 5.82.